The van der Waals surface area contributed by atoms with Gasteiger partial charge >= 0.3 is 11.8 Å². The largest absolute Gasteiger partial charge is 0.357 e. The lowest BCUT2D eigenvalue weighted by Crippen LogP contribution is -2.50. The molecule has 4 heterocycles. The van der Waals surface area contributed by atoms with Crippen molar-refractivity contribution in [3.8, 4) is 11.4 Å². The minimum atomic E-state index is -0.189. The maximum atomic E-state index is 12.7. The highest BCUT2D eigenvalue weighted by atomic mass is 16.5. The number of nitrogens with zero attached hydrogens (tertiary/aromatic N) is 6. The van der Waals surface area contributed by atoms with Crippen LogP contribution in [0, 0.1) is 0 Å². The number of piperazine rings is 1. The Hall–Kier alpha value is -2.48. The first kappa shape index (κ1) is 17.9. The molecule has 0 aromatic carbocycles. The Kier molecular flexibility index (Phi) is 5.07. The Morgan fingerprint density at radius 2 is 1.85 bits per heavy atom. The van der Waals surface area contributed by atoms with Crippen molar-refractivity contribution >= 4 is 11.7 Å². The van der Waals surface area contributed by atoms with Crippen LogP contribution in [-0.4, -0.2) is 76.1 Å². The molecular formula is C19H26N6O2. The lowest BCUT2D eigenvalue weighted by atomic mass is 10.2. The first-order valence-corrected chi connectivity index (χ1v) is 9.70. The second kappa shape index (κ2) is 7.64. The third kappa shape index (κ3) is 3.80. The highest BCUT2D eigenvalue weighted by Gasteiger charge is 2.27. The number of hydrogen-bond acceptors (Lipinski definition) is 7. The van der Waals surface area contributed by atoms with Crippen LogP contribution in [-0.2, 0) is 0 Å². The second-order valence-corrected chi connectivity index (χ2v) is 7.44. The Morgan fingerprint density at radius 1 is 1.11 bits per heavy atom. The van der Waals surface area contributed by atoms with Gasteiger partial charge in [-0.1, -0.05) is 5.16 Å². The first-order valence-electron chi connectivity index (χ1n) is 9.70. The van der Waals surface area contributed by atoms with Gasteiger partial charge in [-0.25, -0.2) is 4.98 Å². The van der Waals surface area contributed by atoms with Crippen LogP contribution in [0.4, 0.5) is 5.82 Å². The molecule has 0 bridgehead atoms. The Bertz CT molecular complexity index is 791. The van der Waals surface area contributed by atoms with Gasteiger partial charge in [-0.05, 0) is 38.8 Å². The van der Waals surface area contributed by atoms with Gasteiger partial charge in [-0.3, -0.25) is 9.69 Å². The fraction of sp³-hybridized carbons (Fsp3) is 0.579. The van der Waals surface area contributed by atoms with Gasteiger partial charge in [0.2, 0.25) is 5.82 Å². The van der Waals surface area contributed by atoms with Crippen molar-refractivity contribution in [2.75, 3.05) is 44.2 Å². The monoisotopic (exact) mass is 370 g/mol. The summed E-state index contributed by atoms with van der Waals surface area (Å²) in [6.07, 6.45) is 4.14. The number of carbonyl (C=O) groups excluding carboxylic acids is 1. The molecule has 1 amide bonds. The molecule has 2 aromatic rings. The Morgan fingerprint density at radius 3 is 2.56 bits per heavy atom. The predicted molar refractivity (Wildman–Crippen MR) is 102 cm³/mol. The number of hydrogen-bond donors (Lipinski definition) is 0. The van der Waals surface area contributed by atoms with Gasteiger partial charge in [0, 0.05) is 57.1 Å². The van der Waals surface area contributed by atoms with Gasteiger partial charge in [0.05, 0.1) is 0 Å². The topological polar surface area (TPSA) is 78.6 Å². The molecule has 2 aromatic heterocycles. The summed E-state index contributed by atoms with van der Waals surface area (Å²) < 4.78 is 5.27. The van der Waals surface area contributed by atoms with Gasteiger partial charge in [0.1, 0.15) is 5.82 Å². The summed E-state index contributed by atoms with van der Waals surface area (Å²) in [6.45, 7) is 9.50. The van der Waals surface area contributed by atoms with Crippen molar-refractivity contribution in [3.63, 3.8) is 0 Å². The molecule has 0 aliphatic carbocycles. The van der Waals surface area contributed by atoms with Crippen molar-refractivity contribution in [1.29, 1.82) is 0 Å². The molecule has 2 aliphatic heterocycles. The van der Waals surface area contributed by atoms with Crippen molar-refractivity contribution in [2.45, 2.75) is 32.7 Å². The lowest BCUT2D eigenvalue weighted by molar-refractivity contribution is 0.0550. The van der Waals surface area contributed by atoms with Crippen molar-refractivity contribution in [2.24, 2.45) is 0 Å². The molecule has 0 N–H and O–H groups in total. The van der Waals surface area contributed by atoms with E-state index >= 15 is 0 Å². The van der Waals surface area contributed by atoms with Crippen LogP contribution < -0.4 is 4.90 Å². The molecule has 2 saturated heterocycles. The van der Waals surface area contributed by atoms with E-state index in [1.807, 2.05) is 12.1 Å². The zero-order chi connectivity index (χ0) is 18.8. The summed E-state index contributed by atoms with van der Waals surface area (Å²) in [7, 11) is 0. The number of amides is 1. The normalized spacial score (nSPS) is 18.5. The van der Waals surface area contributed by atoms with Gasteiger partial charge in [0.25, 0.3) is 0 Å². The van der Waals surface area contributed by atoms with E-state index < -0.39 is 0 Å². The summed E-state index contributed by atoms with van der Waals surface area (Å²) in [5.41, 5.74) is 0.819. The summed E-state index contributed by atoms with van der Waals surface area (Å²) in [5.74, 6) is 1.23. The first-order chi connectivity index (χ1) is 13.1. The number of aromatic nitrogens is 3. The minimum absolute atomic E-state index is 0.0579. The molecule has 0 saturated carbocycles. The lowest BCUT2D eigenvalue weighted by Gasteiger charge is -2.36. The van der Waals surface area contributed by atoms with E-state index in [0.717, 1.165) is 37.6 Å². The van der Waals surface area contributed by atoms with Crippen molar-refractivity contribution < 1.29 is 9.32 Å². The molecule has 2 aliphatic rings. The van der Waals surface area contributed by atoms with E-state index in [4.69, 9.17) is 4.52 Å². The third-order valence-electron chi connectivity index (χ3n) is 5.37. The van der Waals surface area contributed by atoms with Crippen LogP contribution in [0.2, 0.25) is 0 Å². The fourth-order valence-electron chi connectivity index (χ4n) is 3.68. The number of pyridine rings is 1. The van der Waals surface area contributed by atoms with E-state index in [9.17, 15) is 4.79 Å². The van der Waals surface area contributed by atoms with Crippen LogP contribution in [0.3, 0.4) is 0 Å². The average molecular weight is 370 g/mol. The van der Waals surface area contributed by atoms with Crippen LogP contribution in [0.15, 0.2) is 22.9 Å². The highest BCUT2D eigenvalue weighted by Crippen LogP contribution is 2.23. The quantitative estimate of drug-likeness (QED) is 0.813. The minimum Gasteiger partial charge on any atom is -0.357 e. The molecule has 144 valence electrons. The number of carbonyl (C=O) groups is 1. The van der Waals surface area contributed by atoms with E-state index in [1.165, 1.54) is 12.8 Å². The van der Waals surface area contributed by atoms with Crippen LogP contribution in [0.1, 0.15) is 37.4 Å². The highest BCUT2D eigenvalue weighted by molar-refractivity contribution is 5.90. The third-order valence-corrected chi connectivity index (χ3v) is 5.37. The number of rotatable bonds is 4. The standard InChI is InChI=1S/C19H26N6O2/c1-14(2)23-9-11-25(12-10-23)19(26)18-21-17(22-27-18)15-5-6-20-16(13-15)24-7-3-4-8-24/h5-6,13-14H,3-4,7-12H2,1-2H3. The molecule has 0 spiro atoms. The van der Waals surface area contributed by atoms with Crippen molar-refractivity contribution in [3.05, 3.63) is 24.2 Å². The maximum Gasteiger partial charge on any atom is 0.316 e. The zero-order valence-electron chi connectivity index (χ0n) is 16.0. The second-order valence-electron chi connectivity index (χ2n) is 7.44. The number of anilines is 1. The van der Waals surface area contributed by atoms with Crippen molar-refractivity contribution in [1.82, 2.24) is 24.9 Å². The molecular weight excluding hydrogens is 344 g/mol. The van der Waals surface area contributed by atoms with Crippen LogP contribution in [0.5, 0.6) is 0 Å². The summed E-state index contributed by atoms with van der Waals surface area (Å²) in [4.78, 5) is 27.9. The predicted octanol–water partition coefficient (Wildman–Crippen LogP) is 1.90. The van der Waals surface area contributed by atoms with E-state index in [-0.39, 0.29) is 11.8 Å². The van der Waals surface area contributed by atoms with E-state index in [0.29, 0.717) is 25.0 Å². The molecule has 0 radical (unpaired) electrons. The molecule has 0 atom stereocenters. The van der Waals surface area contributed by atoms with E-state index in [2.05, 4.69) is 38.8 Å². The molecule has 2 fully saturated rings. The maximum absolute atomic E-state index is 12.7. The molecule has 0 unspecified atom stereocenters. The van der Waals surface area contributed by atoms with Gasteiger partial charge in [-0.15, -0.1) is 0 Å². The van der Waals surface area contributed by atoms with Gasteiger partial charge < -0.3 is 14.3 Å². The summed E-state index contributed by atoms with van der Waals surface area (Å²) >= 11 is 0. The fourth-order valence-corrected chi connectivity index (χ4v) is 3.68. The molecule has 4 rings (SSSR count). The Balaban J connectivity index is 1.46. The zero-order valence-corrected chi connectivity index (χ0v) is 16.0. The van der Waals surface area contributed by atoms with Gasteiger partial charge in [0.15, 0.2) is 0 Å². The smallest absolute Gasteiger partial charge is 0.316 e. The van der Waals surface area contributed by atoms with Crippen LogP contribution >= 0.6 is 0 Å². The SMILES string of the molecule is CC(C)N1CCN(C(=O)c2nc(-c3ccnc(N4CCCC4)c3)no2)CC1. The van der Waals surface area contributed by atoms with Crippen LogP contribution in [0.25, 0.3) is 11.4 Å². The average Bonchev–Trinajstić information content (AvgIpc) is 3.40. The summed E-state index contributed by atoms with van der Waals surface area (Å²) in [5, 5.41) is 4.02. The Labute approximate surface area is 159 Å². The molecule has 8 heteroatoms. The van der Waals surface area contributed by atoms with Gasteiger partial charge in [-0.2, -0.15) is 4.98 Å². The molecule has 8 nitrogen and oxygen atoms in total. The summed E-state index contributed by atoms with van der Waals surface area (Å²) in [6, 6.07) is 4.31. The molecule has 27 heavy (non-hydrogen) atoms. The van der Waals surface area contributed by atoms with E-state index in [1.54, 1.807) is 11.1 Å².